The lowest BCUT2D eigenvalue weighted by molar-refractivity contribution is -0.121. The highest BCUT2D eigenvalue weighted by atomic mass is 16.2. The highest BCUT2D eigenvalue weighted by Gasteiger charge is 2.45. The first-order valence-electron chi connectivity index (χ1n) is 10.6. The van der Waals surface area contributed by atoms with Gasteiger partial charge in [0.2, 0.25) is 5.91 Å². The highest BCUT2D eigenvalue weighted by molar-refractivity contribution is 6.12. The third-order valence-electron chi connectivity index (χ3n) is 6.18. The molecule has 0 radical (unpaired) electrons. The zero-order valence-electron chi connectivity index (χ0n) is 17.9. The Balaban J connectivity index is 1.57. The van der Waals surface area contributed by atoms with E-state index in [0.29, 0.717) is 29.7 Å². The second-order valence-corrected chi connectivity index (χ2v) is 8.97. The molecule has 0 bridgehead atoms. The van der Waals surface area contributed by atoms with Crippen LogP contribution in [0.4, 0.5) is 11.5 Å². The minimum atomic E-state index is -0.687. The third-order valence-corrected chi connectivity index (χ3v) is 6.18. The SMILES string of the molecule is Cc1ncc(-c2ccc3c(c2)N(c2cccc(C(=O)CC4CC4)n2)C(=O)C3(C)C)cn1. The largest absolute Gasteiger partial charge is 0.292 e. The maximum atomic E-state index is 13.4. The number of pyridine rings is 1. The molecule has 1 aliphatic carbocycles. The van der Waals surface area contributed by atoms with Crippen LogP contribution in [-0.2, 0) is 10.2 Å². The molecule has 2 aliphatic rings. The van der Waals surface area contributed by atoms with Gasteiger partial charge in [-0.25, -0.2) is 15.0 Å². The Kier molecular flexibility index (Phi) is 4.46. The van der Waals surface area contributed by atoms with Crippen molar-refractivity contribution in [2.24, 2.45) is 5.92 Å². The van der Waals surface area contributed by atoms with E-state index < -0.39 is 5.41 Å². The Morgan fingerprint density at radius 2 is 1.84 bits per heavy atom. The van der Waals surface area contributed by atoms with Crippen LogP contribution in [0.5, 0.6) is 0 Å². The van der Waals surface area contributed by atoms with Crippen LogP contribution in [0.3, 0.4) is 0 Å². The number of rotatable bonds is 5. The average molecular weight is 412 g/mol. The standard InChI is InChI=1S/C25H24N4O2/c1-15-26-13-18(14-27-15)17-9-10-19-21(12-17)29(24(31)25(19,2)3)23-6-4-5-20(28-23)22(30)11-16-7-8-16/h4-6,9-10,12-14,16H,7-8,11H2,1-3H3. The number of hydrogen-bond acceptors (Lipinski definition) is 5. The van der Waals surface area contributed by atoms with Crippen molar-refractivity contribution in [3.8, 4) is 11.1 Å². The molecule has 1 aromatic carbocycles. The van der Waals surface area contributed by atoms with Crippen LogP contribution in [0.1, 0.15) is 55.0 Å². The van der Waals surface area contributed by atoms with E-state index in [2.05, 4.69) is 15.0 Å². The topological polar surface area (TPSA) is 76.1 Å². The molecule has 5 rings (SSSR count). The maximum absolute atomic E-state index is 13.4. The minimum absolute atomic E-state index is 0.0426. The molecule has 6 nitrogen and oxygen atoms in total. The fourth-order valence-corrected chi connectivity index (χ4v) is 4.09. The van der Waals surface area contributed by atoms with Crippen LogP contribution in [0.15, 0.2) is 48.8 Å². The number of amides is 1. The van der Waals surface area contributed by atoms with E-state index in [1.54, 1.807) is 35.5 Å². The lowest BCUT2D eigenvalue weighted by atomic mass is 9.85. The van der Waals surface area contributed by atoms with E-state index in [9.17, 15) is 9.59 Å². The summed E-state index contributed by atoms with van der Waals surface area (Å²) in [5.74, 6) is 1.67. The second-order valence-electron chi connectivity index (χ2n) is 8.97. The number of nitrogens with zero attached hydrogens (tertiary/aromatic N) is 4. The fraction of sp³-hybridized carbons (Fsp3) is 0.320. The van der Waals surface area contributed by atoms with Gasteiger partial charge in [0.15, 0.2) is 5.78 Å². The maximum Gasteiger partial charge on any atom is 0.242 e. The molecule has 1 amide bonds. The Morgan fingerprint density at radius 3 is 2.55 bits per heavy atom. The number of ketones is 1. The van der Waals surface area contributed by atoms with Gasteiger partial charge in [0.1, 0.15) is 17.3 Å². The van der Waals surface area contributed by atoms with E-state index in [-0.39, 0.29) is 11.7 Å². The van der Waals surface area contributed by atoms with Gasteiger partial charge in [-0.1, -0.05) is 18.2 Å². The molecule has 1 fully saturated rings. The summed E-state index contributed by atoms with van der Waals surface area (Å²) in [5.41, 5.74) is 3.26. The number of carbonyl (C=O) groups is 2. The average Bonchev–Trinajstić information content (AvgIpc) is 3.55. The van der Waals surface area contributed by atoms with Gasteiger partial charge in [-0.3, -0.25) is 14.5 Å². The number of carbonyl (C=O) groups excluding carboxylic acids is 2. The van der Waals surface area contributed by atoms with E-state index in [4.69, 9.17) is 0 Å². The summed E-state index contributed by atoms with van der Waals surface area (Å²) in [5, 5.41) is 0. The smallest absolute Gasteiger partial charge is 0.242 e. The van der Waals surface area contributed by atoms with Crippen LogP contribution < -0.4 is 4.90 Å². The molecule has 1 saturated carbocycles. The summed E-state index contributed by atoms with van der Waals surface area (Å²) in [6.07, 6.45) is 6.33. The number of fused-ring (bicyclic) bond motifs is 1. The van der Waals surface area contributed by atoms with Crippen molar-refractivity contribution in [2.75, 3.05) is 4.90 Å². The zero-order valence-corrected chi connectivity index (χ0v) is 17.9. The van der Waals surface area contributed by atoms with Crippen molar-refractivity contribution in [1.82, 2.24) is 15.0 Å². The first-order chi connectivity index (χ1) is 14.8. The third kappa shape index (κ3) is 3.42. The molecule has 3 heterocycles. The number of aromatic nitrogens is 3. The predicted octanol–water partition coefficient (Wildman–Crippen LogP) is 4.79. The van der Waals surface area contributed by atoms with Crippen LogP contribution in [0.25, 0.3) is 11.1 Å². The predicted molar refractivity (Wildman–Crippen MR) is 118 cm³/mol. The molecular weight excluding hydrogens is 388 g/mol. The Bertz CT molecular complexity index is 1200. The van der Waals surface area contributed by atoms with Crippen molar-refractivity contribution in [3.05, 3.63) is 65.9 Å². The Labute approximate surface area is 181 Å². The monoisotopic (exact) mass is 412 g/mol. The van der Waals surface area contributed by atoms with Crippen LogP contribution in [0, 0.1) is 12.8 Å². The molecular formula is C25H24N4O2. The first kappa shape index (κ1) is 19.5. The Hall–Kier alpha value is -3.41. The zero-order chi connectivity index (χ0) is 21.8. The van der Waals surface area contributed by atoms with Crippen molar-refractivity contribution < 1.29 is 9.59 Å². The summed E-state index contributed by atoms with van der Waals surface area (Å²) < 4.78 is 0. The molecule has 0 saturated heterocycles. The van der Waals surface area contributed by atoms with E-state index >= 15 is 0 Å². The van der Waals surface area contributed by atoms with Gasteiger partial charge in [-0.05, 0) is 68.9 Å². The van der Waals surface area contributed by atoms with Crippen molar-refractivity contribution in [2.45, 2.75) is 45.4 Å². The minimum Gasteiger partial charge on any atom is -0.292 e. The molecule has 0 spiro atoms. The number of anilines is 2. The van der Waals surface area contributed by atoms with E-state index in [0.717, 1.165) is 35.2 Å². The number of hydrogen-bond donors (Lipinski definition) is 0. The van der Waals surface area contributed by atoms with Crippen LogP contribution >= 0.6 is 0 Å². The van der Waals surface area contributed by atoms with Gasteiger partial charge in [0.05, 0.1) is 11.1 Å². The van der Waals surface area contributed by atoms with Gasteiger partial charge in [0, 0.05) is 24.4 Å². The molecule has 0 N–H and O–H groups in total. The molecule has 0 unspecified atom stereocenters. The fourth-order valence-electron chi connectivity index (χ4n) is 4.09. The molecule has 2 aromatic heterocycles. The van der Waals surface area contributed by atoms with E-state index in [1.165, 1.54) is 0 Å². The molecule has 0 atom stereocenters. The quantitative estimate of drug-likeness (QED) is 0.564. The van der Waals surface area contributed by atoms with Crippen molar-refractivity contribution >= 4 is 23.2 Å². The number of Topliss-reactive ketones (excluding diaryl/α,β-unsaturated/α-hetero) is 1. The van der Waals surface area contributed by atoms with Crippen molar-refractivity contribution in [3.63, 3.8) is 0 Å². The summed E-state index contributed by atoms with van der Waals surface area (Å²) in [6.45, 7) is 5.69. The lowest BCUT2D eigenvalue weighted by Crippen LogP contribution is -2.33. The summed E-state index contributed by atoms with van der Waals surface area (Å²) >= 11 is 0. The summed E-state index contributed by atoms with van der Waals surface area (Å²) in [6, 6.07) is 11.3. The van der Waals surface area contributed by atoms with Gasteiger partial charge in [-0.15, -0.1) is 0 Å². The van der Waals surface area contributed by atoms with Crippen molar-refractivity contribution in [1.29, 1.82) is 0 Å². The molecule has 3 aromatic rings. The molecule has 156 valence electrons. The first-order valence-corrected chi connectivity index (χ1v) is 10.6. The van der Waals surface area contributed by atoms with Gasteiger partial charge < -0.3 is 0 Å². The molecule has 31 heavy (non-hydrogen) atoms. The lowest BCUT2D eigenvalue weighted by Gasteiger charge is -2.20. The number of benzene rings is 1. The van der Waals surface area contributed by atoms with E-state index in [1.807, 2.05) is 39.0 Å². The van der Waals surface area contributed by atoms with Crippen LogP contribution in [0.2, 0.25) is 0 Å². The normalized spacial score (nSPS) is 17.0. The van der Waals surface area contributed by atoms with Gasteiger partial charge in [0.25, 0.3) is 0 Å². The second kappa shape index (κ2) is 7.08. The number of aryl methyl sites for hydroxylation is 1. The molecule has 1 aliphatic heterocycles. The van der Waals surface area contributed by atoms with Gasteiger partial charge >= 0.3 is 0 Å². The Morgan fingerprint density at radius 1 is 1.10 bits per heavy atom. The highest BCUT2D eigenvalue weighted by Crippen LogP contribution is 2.46. The molecule has 6 heteroatoms. The summed E-state index contributed by atoms with van der Waals surface area (Å²) in [7, 11) is 0. The van der Waals surface area contributed by atoms with Gasteiger partial charge in [-0.2, -0.15) is 0 Å². The summed E-state index contributed by atoms with van der Waals surface area (Å²) in [4.78, 5) is 40.8. The van der Waals surface area contributed by atoms with Crippen LogP contribution in [-0.4, -0.2) is 26.6 Å².